The maximum absolute atomic E-state index is 5.53. The first-order valence-corrected chi connectivity index (χ1v) is 5.39. The number of benzene rings is 1. The minimum absolute atomic E-state index is 0.594. The third-order valence-electron chi connectivity index (χ3n) is 2.10. The summed E-state index contributed by atoms with van der Waals surface area (Å²) < 4.78 is 0. The summed E-state index contributed by atoms with van der Waals surface area (Å²) in [4.78, 5) is 4.42. The number of nitrogens with zero attached hydrogens (tertiary/aromatic N) is 1. The van der Waals surface area contributed by atoms with Crippen LogP contribution in [-0.2, 0) is 6.54 Å². The molecule has 72 valence electrons. The molecule has 0 saturated carbocycles. The summed E-state index contributed by atoms with van der Waals surface area (Å²) >= 11 is 1.67. The number of nitrogens with two attached hydrogens (primary N) is 1. The number of thiazole rings is 1. The first-order valence-electron chi connectivity index (χ1n) is 4.51. The normalized spacial score (nSPS) is 10.4. The Hall–Kier alpha value is -1.19. The van der Waals surface area contributed by atoms with Crippen LogP contribution in [0.15, 0.2) is 29.6 Å². The number of rotatable bonds is 2. The van der Waals surface area contributed by atoms with Crippen LogP contribution in [0.4, 0.5) is 0 Å². The van der Waals surface area contributed by atoms with Crippen LogP contribution in [0.5, 0.6) is 0 Å². The predicted molar refractivity (Wildman–Crippen MR) is 60.2 cm³/mol. The van der Waals surface area contributed by atoms with E-state index in [2.05, 4.69) is 22.5 Å². The Balaban J connectivity index is 2.33. The van der Waals surface area contributed by atoms with Gasteiger partial charge in [-0.05, 0) is 12.5 Å². The summed E-state index contributed by atoms with van der Waals surface area (Å²) in [6.07, 6.45) is 0. The van der Waals surface area contributed by atoms with Gasteiger partial charge < -0.3 is 5.73 Å². The van der Waals surface area contributed by atoms with E-state index in [1.165, 1.54) is 0 Å². The van der Waals surface area contributed by atoms with Gasteiger partial charge in [0.1, 0.15) is 0 Å². The fraction of sp³-hybridized carbons (Fsp3) is 0.182. The molecule has 0 bridgehead atoms. The van der Waals surface area contributed by atoms with Gasteiger partial charge in [-0.1, -0.05) is 24.3 Å². The highest BCUT2D eigenvalue weighted by Crippen LogP contribution is 2.21. The minimum atomic E-state index is 0.594. The number of aryl methyl sites for hydroxylation is 1. The molecule has 0 radical (unpaired) electrons. The second-order valence-corrected chi connectivity index (χ2v) is 4.22. The van der Waals surface area contributed by atoms with Crippen molar-refractivity contribution in [3.63, 3.8) is 0 Å². The zero-order valence-corrected chi connectivity index (χ0v) is 8.84. The summed E-state index contributed by atoms with van der Waals surface area (Å²) in [5.41, 5.74) is 8.89. The van der Waals surface area contributed by atoms with Crippen LogP contribution in [0.1, 0.15) is 10.6 Å². The summed E-state index contributed by atoms with van der Waals surface area (Å²) in [6.45, 7) is 2.61. The molecule has 1 aromatic carbocycles. The fourth-order valence-electron chi connectivity index (χ4n) is 1.31. The van der Waals surface area contributed by atoms with E-state index in [0.717, 1.165) is 21.8 Å². The lowest BCUT2D eigenvalue weighted by Crippen LogP contribution is -1.95. The maximum Gasteiger partial charge on any atom is 0.0901 e. The third-order valence-corrected chi connectivity index (χ3v) is 2.88. The smallest absolute Gasteiger partial charge is 0.0901 e. The number of hydrogen-bond donors (Lipinski definition) is 1. The number of hydrogen-bond acceptors (Lipinski definition) is 3. The lowest BCUT2D eigenvalue weighted by atomic mass is 10.1. The summed E-state index contributed by atoms with van der Waals surface area (Å²) in [5, 5.41) is 3.18. The third kappa shape index (κ3) is 1.84. The van der Waals surface area contributed by atoms with Crippen molar-refractivity contribution in [2.75, 3.05) is 0 Å². The molecule has 1 aromatic heterocycles. The molecule has 0 saturated heterocycles. The molecule has 1 heterocycles. The molecular weight excluding hydrogens is 192 g/mol. The quantitative estimate of drug-likeness (QED) is 0.816. The molecule has 2 aromatic rings. The molecule has 0 atom stereocenters. The Labute approximate surface area is 87.4 Å². The SMILES string of the molecule is Cc1nc(-c2ccc(CN)cc2)cs1. The van der Waals surface area contributed by atoms with Crippen LogP contribution < -0.4 is 5.73 Å². The average Bonchev–Trinajstić information content (AvgIpc) is 2.65. The van der Waals surface area contributed by atoms with Gasteiger partial charge in [0.2, 0.25) is 0 Å². The van der Waals surface area contributed by atoms with Gasteiger partial charge in [0, 0.05) is 17.5 Å². The van der Waals surface area contributed by atoms with Crippen LogP contribution >= 0.6 is 11.3 Å². The molecule has 2 nitrogen and oxygen atoms in total. The highest BCUT2D eigenvalue weighted by Gasteiger charge is 2.00. The maximum atomic E-state index is 5.53. The van der Waals surface area contributed by atoms with Gasteiger partial charge in [0.25, 0.3) is 0 Å². The molecule has 2 N–H and O–H groups in total. The van der Waals surface area contributed by atoms with Gasteiger partial charge in [-0.15, -0.1) is 11.3 Å². The van der Waals surface area contributed by atoms with Gasteiger partial charge >= 0.3 is 0 Å². The van der Waals surface area contributed by atoms with Crippen molar-refractivity contribution in [2.45, 2.75) is 13.5 Å². The van der Waals surface area contributed by atoms with Gasteiger partial charge in [-0.25, -0.2) is 4.98 Å². The van der Waals surface area contributed by atoms with E-state index in [4.69, 9.17) is 5.73 Å². The summed E-state index contributed by atoms with van der Waals surface area (Å²) in [5.74, 6) is 0. The van der Waals surface area contributed by atoms with Crippen molar-refractivity contribution in [3.8, 4) is 11.3 Å². The van der Waals surface area contributed by atoms with Gasteiger partial charge in [0.15, 0.2) is 0 Å². The van der Waals surface area contributed by atoms with E-state index >= 15 is 0 Å². The Morgan fingerprint density at radius 3 is 2.50 bits per heavy atom. The van der Waals surface area contributed by atoms with Crippen molar-refractivity contribution in [1.29, 1.82) is 0 Å². The molecular formula is C11H12N2S. The van der Waals surface area contributed by atoms with Crippen molar-refractivity contribution >= 4 is 11.3 Å². The largest absolute Gasteiger partial charge is 0.326 e. The number of aromatic nitrogens is 1. The van der Waals surface area contributed by atoms with E-state index < -0.39 is 0 Å². The highest BCUT2D eigenvalue weighted by atomic mass is 32.1. The van der Waals surface area contributed by atoms with E-state index in [-0.39, 0.29) is 0 Å². The second-order valence-electron chi connectivity index (χ2n) is 3.15. The molecule has 0 aliphatic heterocycles. The summed E-state index contributed by atoms with van der Waals surface area (Å²) in [7, 11) is 0. The first-order chi connectivity index (χ1) is 6.79. The molecule has 0 aliphatic carbocycles. The van der Waals surface area contributed by atoms with E-state index in [0.29, 0.717) is 6.54 Å². The standard InChI is InChI=1S/C11H12N2S/c1-8-13-11(7-14-8)10-4-2-9(6-12)3-5-10/h2-5,7H,6,12H2,1H3. The van der Waals surface area contributed by atoms with Crippen LogP contribution in [0, 0.1) is 6.92 Å². The van der Waals surface area contributed by atoms with Crippen LogP contribution in [0.25, 0.3) is 11.3 Å². The lowest BCUT2D eigenvalue weighted by molar-refractivity contribution is 1.07. The van der Waals surface area contributed by atoms with Crippen molar-refractivity contribution < 1.29 is 0 Å². The zero-order chi connectivity index (χ0) is 9.97. The van der Waals surface area contributed by atoms with Crippen LogP contribution in [0.2, 0.25) is 0 Å². The Morgan fingerprint density at radius 2 is 2.00 bits per heavy atom. The molecule has 14 heavy (non-hydrogen) atoms. The van der Waals surface area contributed by atoms with E-state index in [9.17, 15) is 0 Å². The van der Waals surface area contributed by atoms with Crippen molar-refractivity contribution in [3.05, 3.63) is 40.2 Å². The lowest BCUT2D eigenvalue weighted by Gasteiger charge is -1.98. The molecule has 0 amide bonds. The average molecular weight is 204 g/mol. The van der Waals surface area contributed by atoms with Crippen molar-refractivity contribution in [2.24, 2.45) is 5.73 Å². The van der Waals surface area contributed by atoms with Crippen molar-refractivity contribution in [1.82, 2.24) is 4.98 Å². The predicted octanol–water partition coefficient (Wildman–Crippen LogP) is 2.58. The Morgan fingerprint density at radius 1 is 1.29 bits per heavy atom. The van der Waals surface area contributed by atoms with E-state index in [1.807, 2.05) is 19.1 Å². The van der Waals surface area contributed by atoms with Gasteiger partial charge in [-0.3, -0.25) is 0 Å². The molecule has 2 rings (SSSR count). The monoisotopic (exact) mass is 204 g/mol. The zero-order valence-electron chi connectivity index (χ0n) is 8.03. The Kier molecular flexibility index (Phi) is 2.61. The molecule has 0 unspecified atom stereocenters. The van der Waals surface area contributed by atoms with Gasteiger partial charge in [-0.2, -0.15) is 0 Å². The van der Waals surface area contributed by atoms with Gasteiger partial charge in [0.05, 0.1) is 10.7 Å². The summed E-state index contributed by atoms with van der Waals surface area (Å²) in [6, 6.07) is 8.22. The minimum Gasteiger partial charge on any atom is -0.326 e. The second kappa shape index (κ2) is 3.90. The highest BCUT2D eigenvalue weighted by molar-refractivity contribution is 7.09. The molecule has 0 fully saturated rings. The Bertz CT molecular complexity index is 417. The fourth-order valence-corrected chi connectivity index (χ4v) is 1.93. The first kappa shape index (κ1) is 9.37. The van der Waals surface area contributed by atoms with Crippen LogP contribution in [0.3, 0.4) is 0 Å². The molecule has 0 spiro atoms. The van der Waals surface area contributed by atoms with E-state index in [1.54, 1.807) is 11.3 Å². The topological polar surface area (TPSA) is 38.9 Å². The molecule has 3 heteroatoms. The van der Waals surface area contributed by atoms with Crippen LogP contribution in [-0.4, -0.2) is 4.98 Å². The molecule has 0 aliphatic rings.